The Morgan fingerprint density at radius 3 is 2.68 bits per heavy atom. The van der Waals surface area contributed by atoms with Crippen molar-refractivity contribution in [3.8, 4) is 17.1 Å². The summed E-state index contributed by atoms with van der Waals surface area (Å²) >= 11 is 7.86. The number of aromatic hydroxyl groups is 1. The molecule has 0 spiro atoms. The van der Waals surface area contributed by atoms with Crippen LogP contribution in [0.2, 0.25) is 5.02 Å². The van der Waals surface area contributed by atoms with Gasteiger partial charge in [-0.25, -0.2) is 4.98 Å². The minimum absolute atomic E-state index is 0.00218. The SMILES string of the molecule is CC(C)c1nc(-c2ccc(O)c(Cl)c2)[nH]c(=O)c1I. The molecule has 0 fully saturated rings. The number of aromatic nitrogens is 2. The van der Waals surface area contributed by atoms with Crippen LogP contribution in [0, 0.1) is 3.57 Å². The molecule has 1 aromatic carbocycles. The molecule has 100 valence electrons. The summed E-state index contributed by atoms with van der Waals surface area (Å²) in [6.07, 6.45) is 0. The van der Waals surface area contributed by atoms with Crippen molar-refractivity contribution in [3.05, 3.63) is 42.8 Å². The molecule has 1 heterocycles. The summed E-state index contributed by atoms with van der Waals surface area (Å²) in [6.45, 7) is 3.97. The molecular formula is C13H12ClIN2O2. The van der Waals surface area contributed by atoms with E-state index in [1.165, 1.54) is 6.07 Å². The number of phenolic OH excluding ortho intramolecular Hbond substituents is 1. The normalized spacial score (nSPS) is 11.0. The largest absolute Gasteiger partial charge is 0.506 e. The molecule has 0 bridgehead atoms. The lowest BCUT2D eigenvalue weighted by Gasteiger charge is -2.10. The number of hydrogen-bond acceptors (Lipinski definition) is 3. The van der Waals surface area contributed by atoms with Gasteiger partial charge in [0, 0.05) is 5.56 Å². The highest BCUT2D eigenvalue weighted by molar-refractivity contribution is 14.1. The van der Waals surface area contributed by atoms with E-state index >= 15 is 0 Å². The highest BCUT2D eigenvalue weighted by atomic mass is 127. The second kappa shape index (κ2) is 5.50. The van der Waals surface area contributed by atoms with Gasteiger partial charge in [-0.05, 0) is 46.7 Å². The number of halogens is 2. The average molecular weight is 391 g/mol. The first-order chi connectivity index (χ1) is 8.90. The maximum atomic E-state index is 11.9. The Morgan fingerprint density at radius 1 is 1.42 bits per heavy atom. The van der Waals surface area contributed by atoms with Crippen molar-refractivity contribution in [1.82, 2.24) is 9.97 Å². The second-order valence-corrected chi connectivity index (χ2v) is 5.92. The van der Waals surface area contributed by atoms with E-state index in [1.54, 1.807) is 12.1 Å². The van der Waals surface area contributed by atoms with Crippen LogP contribution in [-0.2, 0) is 0 Å². The molecule has 4 nitrogen and oxygen atoms in total. The van der Waals surface area contributed by atoms with E-state index in [-0.39, 0.29) is 22.2 Å². The molecule has 1 aromatic heterocycles. The Morgan fingerprint density at radius 2 is 2.11 bits per heavy atom. The summed E-state index contributed by atoms with van der Waals surface area (Å²) in [4.78, 5) is 19.1. The van der Waals surface area contributed by atoms with Crippen molar-refractivity contribution in [3.63, 3.8) is 0 Å². The van der Waals surface area contributed by atoms with Gasteiger partial charge in [-0.15, -0.1) is 0 Å². The van der Waals surface area contributed by atoms with Crippen LogP contribution in [0.5, 0.6) is 5.75 Å². The number of H-pyrrole nitrogens is 1. The lowest BCUT2D eigenvalue weighted by Crippen LogP contribution is -2.17. The molecule has 0 amide bonds. The van der Waals surface area contributed by atoms with Gasteiger partial charge in [-0.2, -0.15) is 0 Å². The van der Waals surface area contributed by atoms with Gasteiger partial charge in [0.05, 0.1) is 14.3 Å². The van der Waals surface area contributed by atoms with Gasteiger partial charge < -0.3 is 10.1 Å². The van der Waals surface area contributed by atoms with Crippen molar-refractivity contribution < 1.29 is 5.11 Å². The van der Waals surface area contributed by atoms with Gasteiger partial charge >= 0.3 is 0 Å². The van der Waals surface area contributed by atoms with E-state index in [4.69, 9.17) is 11.6 Å². The van der Waals surface area contributed by atoms with Crippen LogP contribution in [0.25, 0.3) is 11.4 Å². The first-order valence-corrected chi connectivity index (χ1v) is 7.14. The van der Waals surface area contributed by atoms with Crippen molar-refractivity contribution in [2.24, 2.45) is 0 Å². The zero-order valence-corrected chi connectivity index (χ0v) is 13.3. The summed E-state index contributed by atoms with van der Waals surface area (Å²) in [6, 6.07) is 4.72. The Labute approximate surface area is 129 Å². The molecule has 2 N–H and O–H groups in total. The first kappa shape index (κ1) is 14.3. The predicted molar refractivity (Wildman–Crippen MR) is 83.8 cm³/mol. The number of aromatic amines is 1. The van der Waals surface area contributed by atoms with Gasteiger partial charge in [-0.1, -0.05) is 25.4 Å². The van der Waals surface area contributed by atoms with Crippen LogP contribution in [0.1, 0.15) is 25.5 Å². The highest BCUT2D eigenvalue weighted by Crippen LogP contribution is 2.28. The molecule has 0 radical (unpaired) electrons. The number of nitrogens with zero attached hydrogens (tertiary/aromatic N) is 1. The first-order valence-electron chi connectivity index (χ1n) is 5.68. The van der Waals surface area contributed by atoms with Crippen LogP contribution in [0.3, 0.4) is 0 Å². The van der Waals surface area contributed by atoms with Gasteiger partial charge in [0.2, 0.25) is 0 Å². The molecule has 0 saturated carbocycles. The molecule has 0 aliphatic rings. The maximum Gasteiger partial charge on any atom is 0.264 e. The van der Waals surface area contributed by atoms with Crippen molar-refractivity contribution in [2.75, 3.05) is 0 Å². The fraction of sp³-hybridized carbons (Fsp3) is 0.231. The molecule has 0 unspecified atom stereocenters. The van der Waals surface area contributed by atoms with E-state index in [9.17, 15) is 9.90 Å². The Hall–Kier alpha value is -1.08. The minimum Gasteiger partial charge on any atom is -0.506 e. The molecule has 0 atom stereocenters. The van der Waals surface area contributed by atoms with E-state index in [0.717, 1.165) is 5.69 Å². The average Bonchev–Trinajstić information content (AvgIpc) is 2.35. The van der Waals surface area contributed by atoms with E-state index in [0.29, 0.717) is 15.0 Å². The Balaban J connectivity index is 2.63. The van der Waals surface area contributed by atoms with Gasteiger partial charge in [0.25, 0.3) is 5.56 Å². The molecule has 0 aliphatic carbocycles. The predicted octanol–water partition coefficient (Wildman–Crippen LogP) is 3.52. The second-order valence-electron chi connectivity index (χ2n) is 4.43. The summed E-state index contributed by atoms with van der Waals surface area (Å²) in [5, 5.41) is 9.63. The molecule has 0 saturated heterocycles. The monoisotopic (exact) mass is 390 g/mol. The van der Waals surface area contributed by atoms with Gasteiger partial charge in [0.15, 0.2) is 0 Å². The summed E-state index contributed by atoms with van der Waals surface area (Å²) < 4.78 is 0.598. The number of nitrogens with one attached hydrogen (secondary N) is 1. The molecular weight excluding hydrogens is 379 g/mol. The Kier molecular flexibility index (Phi) is 4.15. The maximum absolute atomic E-state index is 11.9. The van der Waals surface area contributed by atoms with E-state index in [1.807, 2.05) is 36.4 Å². The summed E-state index contributed by atoms with van der Waals surface area (Å²) in [5.74, 6) is 0.610. The summed E-state index contributed by atoms with van der Waals surface area (Å²) in [5.41, 5.74) is 1.25. The van der Waals surface area contributed by atoms with Crippen molar-refractivity contribution in [2.45, 2.75) is 19.8 Å². The lowest BCUT2D eigenvalue weighted by atomic mass is 10.1. The minimum atomic E-state index is -0.168. The standard InChI is InChI=1S/C13H12ClIN2O2/c1-6(2)11-10(15)13(19)17-12(16-11)7-3-4-9(18)8(14)5-7/h3-6,18H,1-2H3,(H,16,17,19). The van der Waals surface area contributed by atoms with Crippen LogP contribution in [0.4, 0.5) is 0 Å². The third-order valence-corrected chi connectivity index (χ3v) is 4.00. The number of phenols is 1. The topological polar surface area (TPSA) is 66.0 Å². The van der Waals surface area contributed by atoms with Crippen molar-refractivity contribution in [1.29, 1.82) is 0 Å². The zero-order chi connectivity index (χ0) is 14.2. The fourth-order valence-electron chi connectivity index (χ4n) is 1.65. The van der Waals surface area contributed by atoms with Crippen LogP contribution in [0.15, 0.2) is 23.0 Å². The lowest BCUT2D eigenvalue weighted by molar-refractivity contribution is 0.475. The zero-order valence-electron chi connectivity index (χ0n) is 10.4. The molecule has 2 aromatic rings. The number of hydrogen-bond donors (Lipinski definition) is 2. The summed E-state index contributed by atoms with van der Waals surface area (Å²) in [7, 11) is 0. The molecule has 2 rings (SSSR count). The quantitative estimate of drug-likeness (QED) is 0.771. The van der Waals surface area contributed by atoms with Gasteiger partial charge in [0.1, 0.15) is 11.6 Å². The fourth-order valence-corrected chi connectivity index (χ4v) is 2.71. The Bertz CT molecular complexity index is 683. The van der Waals surface area contributed by atoms with E-state index < -0.39 is 0 Å². The smallest absolute Gasteiger partial charge is 0.264 e. The van der Waals surface area contributed by atoms with Crippen molar-refractivity contribution >= 4 is 34.2 Å². The molecule has 6 heteroatoms. The third-order valence-electron chi connectivity index (χ3n) is 2.66. The highest BCUT2D eigenvalue weighted by Gasteiger charge is 2.13. The van der Waals surface area contributed by atoms with Crippen LogP contribution < -0.4 is 5.56 Å². The number of rotatable bonds is 2. The van der Waals surface area contributed by atoms with E-state index in [2.05, 4.69) is 9.97 Å². The molecule has 0 aliphatic heterocycles. The molecule has 19 heavy (non-hydrogen) atoms. The van der Waals surface area contributed by atoms with Crippen LogP contribution >= 0.6 is 34.2 Å². The van der Waals surface area contributed by atoms with Crippen LogP contribution in [-0.4, -0.2) is 15.1 Å². The number of benzene rings is 1. The van der Waals surface area contributed by atoms with Gasteiger partial charge in [-0.3, -0.25) is 4.79 Å². The third kappa shape index (κ3) is 2.92.